The maximum absolute atomic E-state index is 12.0. The van der Waals surface area contributed by atoms with Gasteiger partial charge in [-0.25, -0.2) is 0 Å². The van der Waals surface area contributed by atoms with Gasteiger partial charge in [0, 0.05) is 19.6 Å². The fourth-order valence-electron chi connectivity index (χ4n) is 2.55. The average molecular weight is 227 g/mol. The summed E-state index contributed by atoms with van der Waals surface area (Å²) >= 11 is 0. The number of methoxy groups -OCH3 is 1. The number of ether oxygens (including phenoxy) is 1. The Morgan fingerprint density at radius 1 is 1.38 bits per heavy atom. The summed E-state index contributed by atoms with van der Waals surface area (Å²) in [6.45, 7) is 2.81. The molecule has 0 aromatic carbocycles. The third kappa shape index (κ3) is 3.87. The highest BCUT2D eigenvalue weighted by atomic mass is 16.5. The first-order valence-electron chi connectivity index (χ1n) is 6.47. The fraction of sp³-hybridized carbons (Fsp3) is 0.923. The molecule has 2 N–H and O–H groups in total. The van der Waals surface area contributed by atoms with Crippen molar-refractivity contribution in [3.05, 3.63) is 0 Å². The molecule has 3 nitrogen and oxygen atoms in total. The average Bonchev–Trinajstić information content (AvgIpc) is 2.35. The third-order valence-corrected chi connectivity index (χ3v) is 3.82. The second kappa shape index (κ2) is 7.02. The molecule has 1 saturated carbocycles. The van der Waals surface area contributed by atoms with Crippen LogP contribution in [0.2, 0.25) is 0 Å². The van der Waals surface area contributed by atoms with E-state index < -0.39 is 0 Å². The van der Waals surface area contributed by atoms with Crippen LogP contribution >= 0.6 is 0 Å². The molecule has 0 bridgehead atoms. The molecule has 1 fully saturated rings. The molecule has 0 aromatic heterocycles. The van der Waals surface area contributed by atoms with Gasteiger partial charge >= 0.3 is 0 Å². The maximum atomic E-state index is 12.0. The lowest BCUT2D eigenvalue weighted by Gasteiger charge is -2.28. The van der Waals surface area contributed by atoms with Crippen LogP contribution in [0.4, 0.5) is 0 Å². The van der Waals surface area contributed by atoms with E-state index in [1.165, 1.54) is 19.3 Å². The Bertz CT molecular complexity index is 210. The second-order valence-corrected chi connectivity index (χ2v) is 4.92. The van der Waals surface area contributed by atoms with E-state index in [9.17, 15) is 4.79 Å². The summed E-state index contributed by atoms with van der Waals surface area (Å²) in [5.41, 5.74) is 5.87. The zero-order valence-corrected chi connectivity index (χ0v) is 10.6. The quantitative estimate of drug-likeness (QED) is 0.756. The van der Waals surface area contributed by atoms with Crippen molar-refractivity contribution in [2.24, 2.45) is 17.6 Å². The van der Waals surface area contributed by atoms with Crippen LogP contribution in [0.3, 0.4) is 0 Å². The van der Waals surface area contributed by atoms with Gasteiger partial charge in [0.05, 0.1) is 6.04 Å². The van der Waals surface area contributed by atoms with Gasteiger partial charge in [0.1, 0.15) is 0 Å². The van der Waals surface area contributed by atoms with E-state index >= 15 is 0 Å². The topological polar surface area (TPSA) is 52.3 Å². The van der Waals surface area contributed by atoms with Crippen LogP contribution in [-0.4, -0.2) is 25.5 Å². The number of carbonyl (C=O) groups excluding carboxylic acids is 1. The molecule has 1 unspecified atom stereocenters. The minimum absolute atomic E-state index is 0.217. The molecule has 0 radical (unpaired) electrons. The fourth-order valence-corrected chi connectivity index (χ4v) is 2.55. The molecule has 0 spiro atoms. The Morgan fingerprint density at radius 3 is 2.50 bits per heavy atom. The maximum Gasteiger partial charge on any atom is 0.152 e. The van der Waals surface area contributed by atoms with Gasteiger partial charge in [-0.2, -0.15) is 0 Å². The van der Waals surface area contributed by atoms with E-state index in [-0.39, 0.29) is 17.7 Å². The molecule has 94 valence electrons. The standard InChI is InChI=1S/C13H25NO2/c1-3-10-4-6-11(7-5-10)13(15)12(14)8-9-16-2/h10-12H,3-9,14H2,1-2H3. The van der Waals surface area contributed by atoms with E-state index in [0.29, 0.717) is 13.0 Å². The number of ketones is 1. The Kier molecular flexibility index (Phi) is 5.99. The normalized spacial score (nSPS) is 27.7. The summed E-state index contributed by atoms with van der Waals surface area (Å²) in [5.74, 6) is 1.31. The number of carbonyl (C=O) groups is 1. The lowest BCUT2D eigenvalue weighted by atomic mass is 9.77. The Hall–Kier alpha value is -0.410. The van der Waals surface area contributed by atoms with Gasteiger partial charge in [-0.3, -0.25) is 4.79 Å². The molecule has 0 amide bonds. The van der Waals surface area contributed by atoms with Crippen molar-refractivity contribution in [3.63, 3.8) is 0 Å². The van der Waals surface area contributed by atoms with E-state index in [4.69, 9.17) is 10.5 Å². The number of nitrogens with two attached hydrogens (primary N) is 1. The van der Waals surface area contributed by atoms with Crippen molar-refractivity contribution in [2.45, 2.75) is 51.5 Å². The lowest BCUT2D eigenvalue weighted by molar-refractivity contribution is -0.125. The van der Waals surface area contributed by atoms with Crippen LogP contribution in [0, 0.1) is 11.8 Å². The largest absolute Gasteiger partial charge is 0.385 e. The van der Waals surface area contributed by atoms with Gasteiger partial charge in [0.15, 0.2) is 5.78 Å². The summed E-state index contributed by atoms with van der Waals surface area (Å²) in [6.07, 6.45) is 6.38. The Labute approximate surface area is 98.7 Å². The molecule has 0 saturated heterocycles. The zero-order chi connectivity index (χ0) is 12.0. The van der Waals surface area contributed by atoms with E-state index in [1.807, 2.05) is 0 Å². The van der Waals surface area contributed by atoms with Gasteiger partial charge in [-0.15, -0.1) is 0 Å². The molecular formula is C13H25NO2. The zero-order valence-electron chi connectivity index (χ0n) is 10.6. The number of Topliss-reactive ketones (excluding diaryl/α,β-unsaturated/α-hetero) is 1. The molecule has 0 aromatic rings. The number of rotatable bonds is 6. The second-order valence-electron chi connectivity index (χ2n) is 4.92. The molecular weight excluding hydrogens is 202 g/mol. The predicted octanol–water partition coefficient (Wildman–Crippen LogP) is 2.14. The SMILES string of the molecule is CCC1CCC(C(=O)C(N)CCOC)CC1. The molecule has 1 atom stereocenters. The van der Waals surface area contributed by atoms with Crippen molar-refractivity contribution in [1.82, 2.24) is 0 Å². The van der Waals surface area contributed by atoms with Crippen molar-refractivity contribution in [2.75, 3.05) is 13.7 Å². The van der Waals surface area contributed by atoms with Crippen molar-refractivity contribution in [1.29, 1.82) is 0 Å². The number of hydrogen-bond donors (Lipinski definition) is 1. The Balaban J connectivity index is 2.32. The van der Waals surface area contributed by atoms with Crippen LogP contribution in [-0.2, 0) is 9.53 Å². The summed E-state index contributed by atoms with van der Waals surface area (Å²) < 4.78 is 4.95. The highest BCUT2D eigenvalue weighted by molar-refractivity contribution is 5.86. The van der Waals surface area contributed by atoms with Gasteiger partial charge < -0.3 is 10.5 Å². The van der Waals surface area contributed by atoms with Crippen molar-refractivity contribution < 1.29 is 9.53 Å². The highest BCUT2D eigenvalue weighted by Crippen LogP contribution is 2.31. The third-order valence-electron chi connectivity index (χ3n) is 3.82. The smallest absolute Gasteiger partial charge is 0.152 e. The molecule has 0 aliphatic heterocycles. The van der Waals surface area contributed by atoms with Crippen LogP contribution in [0.25, 0.3) is 0 Å². The first-order chi connectivity index (χ1) is 7.69. The van der Waals surface area contributed by atoms with E-state index in [2.05, 4.69) is 6.92 Å². The first-order valence-corrected chi connectivity index (χ1v) is 6.47. The predicted molar refractivity (Wildman–Crippen MR) is 65.2 cm³/mol. The van der Waals surface area contributed by atoms with Crippen molar-refractivity contribution in [3.8, 4) is 0 Å². The van der Waals surface area contributed by atoms with E-state index in [0.717, 1.165) is 18.8 Å². The van der Waals surface area contributed by atoms with Crippen molar-refractivity contribution >= 4 is 5.78 Å². The summed E-state index contributed by atoms with van der Waals surface area (Å²) in [4.78, 5) is 12.0. The minimum atomic E-state index is -0.317. The van der Waals surface area contributed by atoms with Gasteiger partial charge in [0.2, 0.25) is 0 Å². The summed E-state index contributed by atoms with van der Waals surface area (Å²) in [6, 6.07) is -0.317. The van der Waals surface area contributed by atoms with Crippen LogP contribution in [0.15, 0.2) is 0 Å². The van der Waals surface area contributed by atoms with E-state index in [1.54, 1.807) is 7.11 Å². The molecule has 3 heteroatoms. The number of hydrogen-bond acceptors (Lipinski definition) is 3. The van der Waals surface area contributed by atoms with Crippen LogP contribution in [0.1, 0.15) is 45.4 Å². The van der Waals surface area contributed by atoms with Gasteiger partial charge in [0.25, 0.3) is 0 Å². The molecule has 1 aliphatic rings. The van der Waals surface area contributed by atoms with Gasteiger partial charge in [-0.05, 0) is 38.0 Å². The highest BCUT2D eigenvalue weighted by Gasteiger charge is 2.28. The minimum Gasteiger partial charge on any atom is -0.385 e. The molecule has 1 aliphatic carbocycles. The van der Waals surface area contributed by atoms with Crippen LogP contribution < -0.4 is 5.73 Å². The monoisotopic (exact) mass is 227 g/mol. The molecule has 0 heterocycles. The molecule has 1 rings (SSSR count). The van der Waals surface area contributed by atoms with Crippen LogP contribution in [0.5, 0.6) is 0 Å². The summed E-state index contributed by atoms with van der Waals surface area (Å²) in [7, 11) is 1.64. The summed E-state index contributed by atoms with van der Waals surface area (Å²) in [5, 5.41) is 0. The van der Waals surface area contributed by atoms with Gasteiger partial charge in [-0.1, -0.05) is 13.3 Å². The Morgan fingerprint density at radius 2 is 2.00 bits per heavy atom. The first kappa shape index (κ1) is 13.7. The molecule has 16 heavy (non-hydrogen) atoms. The lowest BCUT2D eigenvalue weighted by Crippen LogP contribution is -2.38.